The molecule has 1 aromatic heterocycles. The number of nitrogens with one attached hydrogen (secondary N) is 1. The first kappa shape index (κ1) is 20.9. The summed E-state index contributed by atoms with van der Waals surface area (Å²) in [6.07, 6.45) is 3.06. The normalized spacial score (nSPS) is 10.5. The Labute approximate surface area is 164 Å². The molecule has 6 nitrogen and oxygen atoms in total. The topological polar surface area (TPSA) is 71.5 Å². The van der Waals surface area contributed by atoms with Crippen molar-refractivity contribution in [3.8, 4) is 0 Å². The summed E-state index contributed by atoms with van der Waals surface area (Å²) >= 11 is 1.36. The number of carbonyl (C=O) groups is 2. The number of benzene rings is 1. The van der Waals surface area contributed by atoms with Crippen LogP contribution in [-0.4, -0.2) is 35.5 Å². The zero-order chi connectivity index (χ0) is 19.8. The average Bonchev–Trinajstić information content (AvgIpc) is 3.11. The lowest BCUT2D eigenvalue weighted by Gasteiger charge is -2.23. The number of aryl methyl sites for hydroxylation is 2. The zero-order valence-corrected chi connectivity index (χ0v) is 17.2. The number of unbranched alkanes of at least 4 members (excludes halogenated alkanes) is 2. The molecular formula is C20H27N3O3S. The Morgan fingerprint density at radius 1 is 1.26 bits per heavy atom. The van der Waals surface area contributed by atoms with Gasteiger partial charge in [-0.1, -0.05) is 37.5 Å². The fraction of sp³-hybridized carbons (Fsp3) is 0.450. The molecule has 0 saturated heterocycles. The zero-order valence-electron chi connectivity index (χ0n) is 16.4. The lowest BCUT2D eigenvalue weighted by Crippen LogP contribution is -2.35. The molecule has 0 bridgehead atoms. The number of anilines is 1. The molecule has 27 heavy (non-hydrogen) atoms. The van der Waals surface area contributed by atoms with E-state index < -0.39 is 5.97 Å². The predicted molar refractivity (Wildman–Crippen MR) is 108 cm³/mol. The van der Waals surface area contributed by atoms with Gasteiger partial charge in [0.2, 0.25) is 0 Å². The van der Waals surface area contributed by atoms with Crippen LogP contribution in [0.4, 0.5) is 10.5 Å². The van der Waals surface area contributed by atoms with Gasteiger partial charge in [-0.05, 0) is 31.9 Å². The number of rotatable bonds is 8. The van der Waals surface area contributed by atoms with Crippen LogP contribution in [0, 0.1) is 13.8 Å². The van der Waals surface area contributed by atoms with Crippen LogP contribution >= 0.6 is 11.3 Å². The minimum Gasteiger partial charge on any atom is -0.464 e. The van der Waals surface area contributed by atoms with E-state index in [2.05, 4.69) is 17.2 Å². The first-order valence-corrected chi connectivity index (χ1v) is 9.98. The number of methoxy groups -OCH3 is 1. The molecule has 0 saturated carbocycles. The summed E-state index contributed by atoms with van der Waals surface area (Å²) in [4.78, 5) is 30.5. The Bertz CT molecular complexity index is 789. The van der Waals surface area contributed by atoms with Crippen molar-refractivity contribution in [3.05, 3.63) is 45.4 Å². The van der Waals surface area contributed by atoms with Crippen molar-refractivity contribution < 1.29 is 14.3 Å². The van der Waals surface area contributed by atoms with E-state index in [4.69, 9.17) is 4.74 Å². The van der Waals surface area contributed by atoms with Gasteiger partial charge in [-0.2, -0.15) is 0 Å². The number of thiazole rings is 1. The molecule has 0 aliphatic heterocycles. The minimum absolute atomic E-state index is 0.159. The van der Waals surface area contributed by atoms with Crippen LogP contribution in [0.25, 0.3) is 0 Å². The predicted octanol–water partition coefficient (Wildman–Crippen LogP) is 4.77. The molecule has 1 heterocycles. The number of esters is 1. The van der Waals surface area contributed by atoms with Crippen LogP contribution < -0.4 is 5.32 Å². The van der Waals surface area contributed by atoms with Gasteiger partial charge in [0.1, 0.15) is 5.01 Å². The molecule has 2 rings (SSSR count). The second kappa shape index (κ2) is 10.1. The van der Waals surface area contributed by atoms with Gasteiger partial charge in [-0.25, -0.2) is 14.6 Å². The summed E-state index contributed by atoms with van der Waals surface area (Å²) in [6.45, 7) is 7.13. The van der Waals surface area contributed by atoms with E-state index in [9.17, 15) is 9.59 Å². The Morgan fingerprint density at radius 2 is 2.04 bits per heavy atom. The molecule has 2 amide bonds. The van der Waals surface area contributed by atoms with Gasteiger partial charge in [0.15, 0.2) is 5.69 Å². The summed E-state index contributed by atoms with van der Waals surface area (Å²) < 4.78 is 4.70. The van der Waals surface area contributed by atoms with Gasteiger partial charge in [0, 0.05) is 17.6 Å². The van der Waals surface area contributed by atoms with E-state index in [0.29, 0.717) is 18.1 Å². The van der Waals surface area contributed by atoms with Gasteiger partial charge in [0.25, 0.3) is 0 Å². The highest BCUT2D eigenvalue weighted by Gasteiger charge is 2.18. The van der Waals surface area contributed by atoms with Crippen molar-refractivity contribution in [1.82, 2.24) is 9.88 Å². The number of nitrogens with zero attached hydrogens (tertiary/aromatic N) is 2. The quantitative estimate of drug-likeness (QED) is 0.521. The molecule has 1 aromatic carbocycles. The molecule has 0 atom stereocenters. The molecule has 0 unspecified atom stereocenters. The van der Waals surface area contributed by atoms with Crippen LogP contribution in [0.3, 0.4) is 0 Å². The summed E-state index contributed by atoms with van der Waals surface area (Å²) in [5.74, 6) is -0.463. The Hall–Kier alpha value is -2.41. The largest absolute Gasteiger partial charge is 0.464 e. The monoisotopic (exact) mass is 389 g/mol. The second-order valence-corrected chi connectivity index (χ2v) is 7.44. The van der Waals surface area contributed by atoms with Crippen molar-refractivity contribution >= 4 is 29.0 Å². The van der Waals surface area contributed by atoms with E-state index in [1.165, 1.54) is 18.4 Å². The van der Waals surface area contributed by atoms with Gasteiger partial charge >= 0.3 is 12.0 Å². The third-order valence-electron chi connectivity index (χ3n) is 4.21. The molecule has 0 spiro atoms. The highest BCUT2D eigenvalue weighted by atomic mass is 32.1. The van der Waals surface area contributed by atoms with Gasteiger partial charge in [-0.3, -0.25) is 0 Å². The lowest BCUT2D eigenvalue weighted by atomic mass is 10.1. The maximum Gasteiger partial charge on any atom is 0.357 e. The van der Waals surface area contributed by atoms with Crippen molar-refractivity contribution in [2.24, 2.45) is 0 Å². The number of urea groups is 1. The Balaban J connectivity index is 2.11. The first-order valence-electron chi connectivity index (χ1n) is 9.10. The third-order valence-corrected chi connectivity index (χ3v) is 5.05. The molecule has 146 valence electrons. The second-order valence-electron chi connectivity index (χ2n) is 6.50. The van der Waals surface area contributed by atoms with Crippen LogP contribution in [0.15, 0.2) is 23.6 Å². The summed E-state index contributed by atoms with van der Waals surface area (Å²) in [6, 6.07) is 5.78. The molecule has 0 fully saturated rings. The van der Waals surface area contributed by atoms with E-state index in [1.54, 1.807) is 10.3 Å². The van der Waals surface area contributed by atoms with E-state index in [-0.39, 0.29) is 11.7 Å². The minimum atomic E-state index is -0.463. The maximum absolute atomic E-state index is 12.8. The molecular weight excluding hydrogens is 362 g/mol. The van der Waals surface area contributed by atoms with E-state index in [0.717, 1.165) is 36.1 Å². The standard InChI is InChI=1S/C20H27N3O3S/c1-5-6-7-10-23(12-18-21-17(13-27-18)19(24)26-4)20(25)22-16-9-8-14(2)11-15(16)3/h8-9,11,13H,5-7,10,12H2,1-4H3,(H,22,25). The lowest BCUT2D eigenvalue weighted by molar-refractivity contribution is 0.0594. The SMILES string of the molecule is CCCCCN(Cc1nc(C(=O)OC)cs1)C(=O)Nc1ccc(C)cc1C. The highest BCUT2D eigenvalue weighted by Crippen LogP contribution is 2.19. The fourth-order valence-corrected chi connectivity index (χ4v) is 3.48. The van der Waals surface area contributed by atoms with Crippen molar-refractivity contribution in [1.29, 1.82) is 0 Å². The molecule has 7 heteroatoms. The number of aromatic nitrogens is 1. The van der Waals surface area contributed by atoms with Gasteiger partial charge in [-0.15, -0.1) is 11.3 Å². The molecule has 2 aromatic rings. The van der Waals surface area contributed by atoms with E-state index in [1.807, 2.05) is 32.0 Å². The molecule has 1 N–H and O–H groups in total. The number of hydrogen-bond donors (Lipinski definition) is 1. The van der Waals surface area contributed by atoms with Crippen LogP contribution in [-0.2, 0) is 11.3 Å². The fourth-order valence-electron chi connectivity index (χ4n) is 2.70. The van der Waals surface area contributed by atoms with E-state index >= 15 is 0 Å². The summed E-state index contributed by atoms with van der Waals surface area (Å²) in [5, 5.41) is 5.37. The van der Waals surface area contributed by atoms with Gasteiger partial charge in [0.05, 0.1) is 13.7 Å². The van der Waals surface area contributed by atoms with Crippen molar-refractivity contribution in [2.75, 3.05) is 19.0 Å². The first-order chi connectivity index (χ1) is 12.9. The smallest absolute Gasteiger partial charge is 0.357 e. The van der Waals surface area contributed by atoms with Gasteiger partial charge < -0.3 is 15.0 Å². The number of amides is 2. The maximum atomic E-state index is 12.8. The Kier molecular flexibility index (Phi) is 7.79. The molecule has 0 aliphatic carbocycles. The molecule has 0 aliphatic rings. The average molecular weight is 390 g/mol. The van der Waals surface area contributed by atoms with Crippen LogP contribution in [0.1, 0.15) is 52.8 Å². The summed E-state index contributed by atoms with van der Waals surface area (Å²) in [7, 11) is 1.33. The van der Waals surface area contributed by atoms with Crippen LogP contribution in [0.2, 0.25) is 0 Å². The van der Waals surface area contributed by atoms with Crippen molar-refractivity contribution in [3.63, 3.8) is 0 Å². The highest BCUT2D eigenvalue weighted by molar-refractivity contribution is 7.09. The third kappa shape index (κ3) is 6.06. The van der Waals surface area contributed by atoms with Crippen molar-refractivity contribution in [2.45, 2.75) is 46.6 Å². The molecule has 0 radical (unpaired) electrons. The Morgan fingerprint density at radius 3 is 2.70 bits per heavy atom. The number of hydrogen-bond acceptors (Lipinski definition) is 5. The number of carbonyl (C=O) groups excluding carboxylic acids is 2. The number of ether oxygens (including phenoxy) is 1. The summed E-state index contributed by atoms with van der Waals surface area (Å²) in [5.41, 5.74) is 3.27. The van der Waals surface area contributed by atoms with Crippen LogP contribution in [0.5, 0.6) is 0 Å².